The highest BCUT2D eigenvalue weighted by Crippen LogP contribution is 2.17. The van der Waals surface area contributed by atoms with Crippen molar-refractivity contribution < 1.29 is 0 Å². The highest BCUT2D eigenvalue weighted by atomic mass is 35.5. The number of halogens is 1. The zero-order valence-electron chi connectivity index (χ0n) is 14.4. The van der Waals surface area contributed by atoms with Crippen LogP contribution < -0.4 is 5.32 Å². The van der Waals surface area contributed by atoms with Crippen LogP contribution in [-0.2, 0) is 20.1 Å². The quantitative estimate of drug-likeness (QED) is 0.662. The lowest BCUT2D eigenvalue weighted by Crippen LogP contribution is -2.38. The maximum atomic E-state index is 6.06. The van der Waals surface area contributed by atoms with Crippen LogP contribution in [0, 0.1) is 13.8 Å². The summed E-state index contributed by atoms with van der Waals surface area (Å²) in [5.74, 6) is 0.871. The molecule has 0 fully saturated rings. The lowest BCUT2D eigenvalue weighted by molar-refractivity contribution is 0.462. The van der Waals surface area contributed by atoms with Crippen molar-refractivity contribution in [3.63, 3.8) is 0 Å². The van der Waals surface area contributed by atoms with Gasteiger partial charge in [-0.1, -0.05) is 11.6 Å². The number of aryl methyl sites for hydroxylation is 3. The Bertz CT molecular complexity index is 669. The number of thiazole rings is 1. The Labute approximate surface area is 147 Å². The Morgan fingerprint density at radius 3 is 2.74 bits per heavy atom. The first-order chi connectivity index (χ1) is 10.9. The average Bonchev–Trinajstić information content (AvgIpc) is 2.97. The molecule has 0 aliphatic heterocycles. The van der Waals surface area contributed by atoms with Gasteiger partial charge in [0, 0.05) is 37.4 Å². The van der Waals surface area contributed by atoms with Crippen LogP contribution in [0.1, 0.15) is 28.2 Å². The summed E-state index contributed by atoms with van der Waals surface area (Å²) in [7, 11) is 4.03. The number of nitrogens with zero attached hydrogens (tertiary/aromatic N) is 4. The van der Waals surface area contributed by atoms with Crippen molar-refractivity contribution in [3.05, 3.63) is 38.6 Å². The summed E-state index contributed by atoms with van der Waals surface area (Å²) in [4.78, 5) is 12.6. The van der Waals surface area contributed by atoms with Crippen molar-refractivity contribution >= 4 is 28.9 Å². The van der Waals surface area contributed by atoms with E-state index in [1.54, 1.807) is 11.3 Å². The largest absolute Gasteiger partial charge is 0.357 e. The zero-order chi connectivity index (χ0) is 17.0. The van der Waals surface area contributed by atoms with E-state index in [2.05, 4.69) is 29.0 Å². The van der Waals surface area contributed by atoms with Gasteiger partial charge in [-0.15, -0.1) is 11.3 Å². The number of aliphatic imine (C=N–C) groups is 1. The third-order valence-corrected chi connectivity index (χ3v) is 4.87. The van der Waals surface area contributed by atoms with Crippen LogP contribution in [0.3, 0.4) is 0 Å². The molecule has 0 atom stereocenters. The van der Waals surface area contributed by atoms with E-state index in [-0.39, 0.29) is 0 Å². The van der Waals surface area contributed by atoms with Crippen LogP contribution in [0.4, 0.5) is 0 Å². The van der Waals surface area contributed by atoms with Crippen LogP contribution in [0.5, 0.6) is 0 Å². The number of nitrogens with one attached hydrogen (secondary N) is 1. The maximum Gasteiger partial charge on any atom is 0.194 e. The number of hydrogen-bond acceptors (Lipinski definition) is 3. The van der Waals surface area contributed by atoms with E-state index in [9.17, 15) is 0 Å². The lowest BCUT2D eigenvalue weighted by Gasteiger charge is -2.22. The summed E-state index contributed by atoms with van der Waals surface area (Å²) in [5, 5.41) is 5.13. The van der Waals surface area contributed by atoms with Gasteiger partial charge >= 0.3 is 0 Å². The number of rotatable bonds is 5. The van der Waals surface area contributed by atoms with E-state index in [4.69, 9.17) is 16.6 Å². The van der Waals surface area contributed by atoms with E-state index in [1.165, 1.54) is 4.88 Å². The second kappa shape index (κ2) is 7.84. The number of hydrogen-bond donors (Lipinski definition) is 1. The zero-order valence-corrected chi connectivity index (χ0v) is 15.9. The topological polar surface area (TPSA) is 45.5 Å². The highest BCUT2D eigenvalue weighted by molar-refractivity contribution is 7.11. The molecule has 5 nitrogen and oxygen atoms in total. The Balaban J connectivity index is 2.09. The molecule has 0 aromatic carbocycles. The first-order valence-corrected chi connectivity index (χ1v) is 8.83. The summed E-state index contributed by atoms with van der Waals surface area (Å²) in [6.45, 7) is 8.37. The van der Waals surface area contributed by atoms with Gasteiger partial charge in [-0.3, -0.25) is 0 Å². The van der Waals surface area contributed by atoms with Gasteiger partial charge in [0.25, 0.3) is 0 Å². The van der Waals surface area contributed by atoms with E-state index in [0.717, 1.165) is 40.5 Å². The molecule has 126 valence electrons. The molecule has 0 spiro atoms. The van der Waals surface area contributed by atoms with Gasteiger partial charge in [-0.25, -0.2) is 9.98 Å². The average molecular weight is 354 g/mol. The predicted octanol–water partition coefficient (Wildman–Crippen LogP) is 3.35. The molecule has 2 rings (SSSR count). The van der Waals surface area contributed by atoms with Crippen molar-refractivity contribution in [2.45, 2.75) is 33.9 Å². The van der Waals surface area contributed by atoms with Gasteiger partial charge in [0.15, 0.2) is 5.96 Å². The summed E-state index contributed by atoms with van der Waals surface area (Å²) in [5.41, 5.74) is 2.24. The molecule has 0 amide bonds. The molecule has 0 radical (unpaired) electrons. The second-order valence-corrected chi connectivity index (χ2v) is 7.26. The molecule has 0 saturated heterocycles. The minimum atomic E-state index is 0.597. The van der Waals surface area contributed by atoms with E-state index in [0.29, 0.717) is 6.54 Å². The molecule has 0 saturated carbocycles. The summed E-state index contributed by atoms with van der Waals surface area (Å²) in [6, 6.07) is 1.98. The van der Waals surface area contributed by atoms with E-state index < -0.39 is 0 Å². The fourth-order valence-corrected chi connectivity index (χ4v) is 3.39. The van der Waals surface area contributed by atoms with Gasteiger partial charge in [0.05, 0.1) is 23.8 Å². The summed E-state index contributed by atoms with van der Waals surface area (Å²) >= 11 is 7.77. The normalized spacial score (nSPS) is 11.8. The molecule has 2 heterocycles. The maximum absolute atomic E-state index is 6.06. The smallest absolute Gasteiger partial charge is 0.194 e. The van der Waals surface area contributed by atoms with Crippen LogP contribution in [0.15, 0.2) is 17.3 Å². The number of guanidine groups is 1. The van der Waals surface area contributed by atoms with Crippen molar-refractivity contribution in [2.24, 2.45) is 12.0 Å². The third kappa shape index (κ3) is 4.72. The van der Waals surface area contributed by atoms with Crippen LogP contribution in [-0.4, -0.2) is 34.0 Å². The third-order valence-electron chi connectivity index (χ3n) is 3.61. The van der Waals surface area contributed by atoms with Gasteiger partial charge in [-0.05, 0) is 26.8 Å². The SMILES string of the molecule is CCNC(=NCc1nc(C)c(C)s1)N(C)Cc1cc(Cl)cn1C. The predicted molar refractivity (Wildman–Crippen MR) is 98.3 cm³/mol. The van der Waals surface area contributed by atoms with Gasteiger partial charge in [0.1, 0.15) is 5.01 Å². The first-order valence-electron chi connectivity index (χ1n) is 7.63. The monoisotopic (exact) mass is 353 g/mol. The van der Waals surface area contributed by atoms with Crippen LogP contribution in [0.2, 0.25) is 5.02 Å². The molecule has 0 unspecified atom stereocenters. The molecule has 0 aliphatic rings. The first kappa shape index (κ1) is 17.8. The summed E-state index contributed by atoms with van der Waals surface area (Å²) in [6.07, 6.45) is 1.91. The fraction of sp³-hybridized carbons (Fsp3) is 0.500. The molecule has 2 aromatic heterocycles. The Morgan fingerprint density at radius 2 is 2.22 bits per heavy atom. The minimum absolute atomic E-state index is 0.597. The van der Waals surface area contributed by atoms with Crippen molar-refractivity contribution in [1.82, 2.24) is 19.8 Å². The second-order valence-electron chi connectivity index (χ2n) is 5.54. The van der Waals surface area contributed by atoms with Crippen molar-refractivity contribution in [1.29, 1.82) is 0 Å². The molecule has 0 bridgehead atoms. The highest BCUT2D eigenvalue weighted by Gasteiger charge is 2.10. The van der Waals surface area contributed by atoms with Crippen LogP contribution >= 0.6 is 22.9 Å². The number of aromatic nitrogens is 2. The van der Waals surface area contributed by atoms with Gasteiger partial charge < -0.3 is 14.8 Å². The van der Waals surface area contributed by atoms with E-state index >= 15 is 0 Å². The Hall–Kier alpha value is -1.53. The molecular formula is C16H24ClN5S. The minimum Gasteiger partial charge on any atom is -0.357 e. The Kier molecular flexibility index (Phi) is 6.07. The van der Waals surface area contributed by atoms with Gasteiger partial charge in [-0.2, -0.15) is 0 Å². The fourth-order valence-electron chi connectivity index (χ4n) is 2.26. The summed E-state index contributed by atoms with van der Waals surface area (Å²) < 4.78 is 2.04. The van der Waals surface area contributed by atoms with Crippen molar-refractivity contribution in [2.75, 3.05) is 13.6 Å². The van der Waals surface area contributed by atoms with Crippen molar-refractivity contribution in [3.8, 4) is 0 Å². The molecule has 0 aliphatic carbocycles. The standard InChI is InChI=1S/C16H24ClN5S/c1-6-18-16(19-8-15-20-11(2)12(3)23-15)22(5)10-14-7-13(17)9-21(14)4/h7,9H,6,8,10H2,1-5H3,(H,18,19). The molecule has 2 aromatic rings. The lowest BCUT2D eigenvalue weighted by atomic mass is 10.4. The van der Waals surface area contributed by atoms with Crippen LogP contribution in [0.25, 0.3) is 0 Å². The van der Waals surface area contributed by atoms with E-state index in [1.807, 2.05) is 37.8 Å². The Morgan fingerprint density at radius 1 is 1.48 bits per heavy atom. The molecule has 1 N–H and O–H groups in total. The molecule has 7 heteroatoms. The van der Waals surface area contributed by atoms with Gasteiger partial charge in [0.2, 0.25) is 0 Å². The molecular weight excluding hydrogens is 330 g/mol. The molecule has 23 heavy (non-hydrogen) atoms.